The number of hydrogen-bond donors (Lipinski definition) is 2. The number of aliphatic hydroxyl groups excluding tert-OH is 1. The van der Waals surface area contributed by atoms with Crippen molar-refractivity contribution in [1.82, 2.24) is 5.32 Å². The van der Waals surface area contributed by atoms with Crippen LogP contribution in [0.15, 0.2) is 52.7 Å². The molecule has 0 atom stereocenters. The lowest BCUT2D eigenvalue weighted by atomic mass is 10.2. The van der Waals surface area contributed by atoms with Crippen molar-refractivity contribution < 1.29 is 9.90 Å². The first-order valence-electron chi connectivity index (χ1n) is 4.68. The summed E-state index contributed by atoms with van der Waals surface area (Å²) in [5, 5.41) is 14.5. The first-order valence-corrected chi connectivity index (χ1v) is 5.48. The Bertz CT molecular complexity index is 549. The molecule has 2 N–H and O–H groups in total. The summed E-state index contributed by atoms with van der Waals surface area (Å²) in [6.45, 7) is 0. The van der Waals surface area contributed by atoms with E-state index in [1.165, 1.54) is 0 Å². The first-order chi connectivity index (χ1) is 8.15. The van der Waals surface area contributed by atoms with Crippen molar-refractivity contribution in [2.75, 3.05) is 0 Å². The molecule has 0 bridgehead atoms. The molecule has 0 radical (unpaired) electrons. The minimum absolute atomic E-state index is 0.149. The molecule has 86 valence electrons. The van der Waals surface area contributed by atoms with E-state index < -0.39 is 17.4 Å². The second-order valence-electron chi connectivity index (χ2n) is 3.30. The molecule has 17 heavy (non-hydrogen) atoms. The number of halogens is 1. The summed E-state index contributed by atoms with van der Waals surface area (Å²) in [6, 6.07) is 9.06. The highest BCUT2D eigenvalue weighted by Gasteiger charge is 2.30. The van der Waals surface area contributed by atoms with Gasteiger partial charge in [0.15, 0.2) is 5.76 Å². The zero-order chi connectivity index (χ0) is 12.4. The van der Waals surface area contributed by atoms with E-state index in [0.717, 1.165) is 5.56 Å². The Labute approximate surface area is 105 Å². The molecule has 1 aliphatic heterocycles. The molecule has 0 saturated heterocycles. The van der Waals surface area contributed by atoms with Crippen LogP contribution in [-0.4, -0.2) is 11.0 Å². The van der Waals surface area contributed by atoms with Gasteiger partial charge in [0.2, 0.25) is 5.70 Å². The molecule has 0 saturated carbocycles. The summed E-state index contributed by atoms with van der Waals surface area (Å²) >= 11 is 3.26. The van der Waals surface area contributed by atoms with Crippen molar-refractivity contribution in [3.63, 3.8) is 0 Å². The monoisotopic (exact) mass is 294 g/mol. The van der Waals surface area contributed by atoms with E-state index in [0.29, 0.717) is 4.48 Å². The molecular formula is C11H7BrN2O3. The number of hydrogen-bond acceptors (Lipinski definition) is 4. The van der Waals surface area contributed by atoms with Gasteiger partial charge in [0.05, 0.1) is 4.48 Å². The molecule has 0 unspecified atom stereocenters. The van der Waals surface area contributed by atoms with Crippen molar-refractivity contribution in [2.45, 2.75) is 0 Å². The minimum Gasteiger partial charge on any atom is -0.504 e. The van der Waals surface area contributed by atoms with E-state index in [1.54, 1.807) is 12.1 Å². The Hall–Kier alpha value is -1.95. The largest absolute Gasteiger partial charge is 0.504 e. The number of carbonyl (C=O) groups excluding carboxylic acids is 1. The standard InChI is InChI=1S/C11H7BrN2O3/c12-7(6-4-2-1-3-5-6)8-10(15)9(14-17)11(16)13-8/h1-5,15H,(H,13,16)/b8-7-. The fourth-order valence-corrected chi connectivity index (χ4v) is 1.98. The van der Waals surface area contributed by atoms with E-state index in [1.807, 2.05) is 18.2 Å². The number of aliphatic hydroxyl groups is 1. The van der Waals surface area contributed by atoms with E-state index in [9.17, 15) is 14.8 Å². The molecule has 1 aromatic carbocycles. The summed E-state index contributed by atoms with van der Waals surface area (Å²) in [7, 11) is 0. The van der Waals surface area contributed by atoms with Crippen LogP contribution >= 0.6 is 15.9 Å². The second kappa shape index (κ2) is 4.50. The van der Waals surface area contributed by atoms with Gasteiger partial charge in [-0.1, -0.05) is 30.3 Å². The highest BCUT2D eigenvalue weighted by molar-refractivity contribution is 9.15. The Balaban J connectivity index is 2.52. The zero-order valence-corrected chi connectivity index (χ0v) is 10.1. The number of nitroso groups, excluding NO2 is 1. The third-order valence-electron chi connectivity index (χ3n) is 2.25. The van der Waals surface area contributed by atoms with Gasteiger partial charge in [0.25, 0.3) is 5.91 Å². The number of carbonyl (C=O) groups is 1. The number of rotatable bonds is 2. The van der Waals surface area contributed by atoms with Crippen LogP contribution < -0.4 is 5.32 Å². The highest BCUT2D eigenvalue weighted by atomic mass is 79.9. The van der Waals surface area contributed by atoms with Gasteiger partial charge in [-0.2, -0.15) is 0 Å². The summed E-state index contributed by atoms with van der Waals surface area (Å²) in [5.41, 5.74) is 0.408. The smallest absolute Gasteiger partial charge is 0.282 e. The van der Waals surface area contributed by atoms with Crippen molar-refractivity contribution >= 4 is 26.3 Å². The van der Waals surface area contributed by atoms with Crippen molar-refractivity contribution in [3.8, 4) is 0 Å². The fraction of sp³-hybridized carbons (Fsp3) is 0. The van der Waals surface area contributed by atoms with Gasteiger partial charge in [-0.25, -0.2) is 0 Å². The van der Waals surface area contributed by atoms with Gasteiger partial charge >= 0.3 is 0 Å². The SMILES string of the molecule is O=NC1=C(O)/C(=C(/Br)c2ccccc2)NC1=O. The molecule has 1 aromatic rings. The Morgan fingerprint density at radius 2 is 1.94 bits per heavy atom. The van der Waals surface area contributed by atoms with Crippen molar-refractivity contribution in [1.29, 1.82) is 0 Å². The van der Waals surface area contributed by atoms with Crippen LogP contribution in [-0.2, 0) is 4.79 Å². The quantitative estimate of drug-likeness (QED) is 0.822. The van der Waals surface area contributed by atoms with Crippen LogP contribution in [0, 0.1) is 4.91 Å². The van der Waals surface area contributed by atoms with Gasteiger partial charge in [0.1, 0.15) is 5.70 Å². The molecule has 1 aliphatic rings. The van der Waals surface area contributed by atoms with Crippen molar-refractivity contribution in [2.24, 2.45) is 5.18 Å². The first kappa shape index (κ1) is 11.5. The lowest BCUT2D eigenvalue weighted by molar-refractivity contribution is -0.116. The predicted molar refractivity (Wildman–Crippen MR) is 65.9 cm³/mol. The van der Waals surface area contributed by atoms with Crippen LogP contribution in [0.5, 0.6) is 0 Å². The van der Waals surface area contributed by atoms with Crippen LogP contribution in [0.2, 0.25) is 0 Å². The Kier molecular flexibility index (Phi) is 3.06. The topological polar surface area (TPSA) is 78.8 Å². The average Bonchev–Trinajstić information content (AvgIpc) is 2.64. The van der Waals surface area contributed by atoms with Crippen LogP contribution in [0.4, 0.5) is 0 Å². The molecule has 5 nitrogen and oxygen atoms in total. The molecule has 0 aliphatic carbocycles. The third kappa shape index (κ3) is 1.99. The van der Waals surface area contributed by atoms with E-state index in [-0.39, 0.29) is 5.70 Å². The summed E-state index contributed by atoms with van der Waals surface area (Å²) in [6.07, 6.45) is 0. The molecule has 6 heteroatoms. The highest BCUT2D eigenvalue weighted by Crippen LogP contribution is 2.31. The maximum absolute atomic E-state index is 11.3. The maximum atomic E-state index is 11.3. The molecule has 0 spiro atoms. The van der Waals surface area contributed by atoms with Gasteiger partial charge in [-0.15, -0.1) is 4.91 Å². The van der Waals surface area contributed by atoms with Gasteiger partial charge in [-0.3, -0.25) is 4.79 Å². The van der Waals surface area contributed by atoms with Crippen LogP contribution in [0.25, 0.3) is 4.48 Å². The number of nitrogens with zero attached hydrogens (tertiary/aromatic N) is 1. The van der Waals surface area contributed by atoms with E-state index in [2.05, 4.69) is 26.4 Å². The van der Waals surface area contributed by atoms with Crippen LogP contribution in [0.1, 0.15) is 5.56 Å². The van der Waals surface area contributed by atoms with E-state index in [4.69, 9.17) is 0 Å². The average molecular weight is 295 g/mol. The molecule has 0 fully saturated rings. The summed E-state index contributed by atoms with van der Waals surface area (Å²) < 4.78 is 0.489. The molecule has 2 rings (SSSR count). The van der Waals surface area contributed by atoms with Crippen LogP contribution in [0.3, 0.4) is 0 Å². The number of nitrogens with one attached hydrogen (secondary N) is 1. The minimum atomic E-state index is -0.708. The van der Waals surface area contributed by atoms with E-state index >= 15 is 0 Å². The van der Waals surface area contributed by atoms with Gasteiger partial charge in [-0.05, 0) is 26.7 Å². The Morgan fingerprint density at radius 1 is 1.29 bits per heavy atom. The lowest BCUT2D eigenvalue weighted by Gasteiger charge is -2.04. The maximum Gasteiger partial charge on any atom is 0.282 e. The zero-order valence-electron chi connectivity index (χ0n) is 8.48. The Morgan fingerprint density at radius 3 is 2.47 bits per heavy atom. The second-order valence-corrected chi connectivity index (χ2v) is 4.09. The van der Waals surface area contributed by atoms with Crippen molar-refractivity contribution in [3.05, 3.63) is 58.0 Å². The number of amides is 1. The molecule has 1 amide bonds. The summed E-state index contributed by atoms with van der Waals surface area (Å²) in [5.74, 6) is -1.15. The predicted octanol–water partition coefficient (Wildman–Crippen LogP) is 2.42. The molecule has 0 aromatic heterocycles. The molecule has 1 heterocycles. The lowest BCUT2D eigenvalue weighted by Crippen LogP contribution is -2.16. The molecular weight excluding hydrogens is 288 g/mol. The van der Waals surface area contributed by atoms with Gasteiger partial charge in [0, 0.05) is 0 Å². The normalized spacial score (nSPS) is 18.1. The fourth-order valence-electron chi connectivity index (χ4n) is 1.43. The third-order valence-corrected chi connectivity index (χ3v) is 3.11. The number of benzene rings is 1. The van der Waals surface area contributed by atoms with Gasteiger partial charge < -0.3 is 10.4 Å². The summed E-state index contributed by atoms with van der Waals surface area (Å²) in [4.78, 5) is 21.7.